The lowest BCUT2D eigenvalue weighted by atomic mass is 10.1. The summed E-state index contributed by atoms with van der Waals surface area (Å²) in [5, 5.41) is 2.96. The molecule has 0 aliphatic carbocycles. The summed E-state index contributed by atoms with van der Waals surface area (Å²) in [6.07, 6.45) is 0. The van der Waals surface area contributed by atoms with Crippen molar-refractivity contribution in [2.75, 3.05) is 16.8 Å². The lowest BCUT2D eigenvalue weighted by Crippen LogP contribution is -2.15. The zero-order chi connectivity index (χ0) is 15.4. The molecule has 0 unspecified atom stereocenters. The van der Waals surface area contributed by atoms with Crippen molar-refractivity contribution in [3.8, 4) is 0 Å². The first-order valence-electron chi connectivity index (χ1n) is 6.82. The predicted molar refractivity (Wildman–Crippen MR) is 90.9 cm³/mol. The monoisotopic (exact) mass is 300 g/mol. The van der Waals surface area contributed by atoms with Crippen LogP contribution < -0.4 is 11.1 Å². The van der Waals surface area contributed by atoms with E-state index in [1.807, 2.05) is 57.2 Å². The SMILES string of the molecule is Cc1ccc(C)c(NC(=O)CSc2cccc(N)c2C)c1. The first-order valence-corrected chi connectivity index (χ1v) is 7.81. The van der Waals surface area contributed by atoms with Crippen molar-refractivity contribution in [1.82, 2.24) is 0 Å². The maximum absolute atomic E-state index is 12.1. The Kier molecular flexibility index (Phi) is 4.91. The Labute approximate surface area is 129 Å². The second kappa shape index (κ2) is 6.68. The van der Waals surface area contributed by atoms with E-state index in [1.54, 1.807) is 0 Å². The molecule has 0 bridgehead atoms. The lowest BCUT2D eigenvalue weighted by Gasteiger charge is -2.10. The van der Waals surface area contributed by atoms with Crippen LogP contribution in [0.5, 0.6) is 0 Å². The molecule has 0 aliphatic heterocycles. The molecule has 0 fully saturated rings. The van der Waals surface area contributed by atoms with Crippen molar-refractivity contribution in [2.45, 2.75) is 25.7 Å². The molecule has 0 spiro atoms. The van der Waals surface area contributed by atoms with Crippen molar-refractivity contribution >= 4 is 29.0 Å². The van der Waals surface area contributed by atoms with E-state index in [2.05, 4.69) is 5.32 Å². The molecular weight excluding hydrogens is 280 g/mol. The maximum atomic E-state index is 12.1. The highest BCUT2D eigenvalue weighted by Gasteiger charge is 2.08. The summed E-state index contributed by atoms with van der Waals surface area (Å²) in [6.45, 7) is 5.98. The predicted octanol–water partition coefficient (Wildman–Crippen LogP) is 3.92. The van der Waals surface area contributed by atoms with Gasteiger partial charge in [-0.25, -0.2) is 0 Å². The van der Waals surface area contributed by atoms with Gasteiger partial charge in [-0.2, -0.15) is 0 Å². The molecule has 0 radical (unpaired) electrons. The molecule has 0 heterocycles. The second-order valence-corrected chi connectivity index (χ2v) is 6.14. The van der Waals surface area contributed by atoms with Crippen molar-refractivity contribution in [2.24, 2.45) is 0 Å². The number of nitrogens with two attached hydrogens (primary N) is 1. The standard InChI is InChI=1S/C17H20N2OS/c1-11-7-8-12(2)15(9-11)19-17(20)10-21-16-6-4-5-14(18)13(16)3/h4-9H,10,18H2,1-3H3,(H,19,20). The van der Waals surface area contributed by atoms with Gasteiger partial charge in [0.05, 0.1) is 5.75 Å². The fourth-order valence-electron chi connectivity index (χ4n) is 1.99. The summed E-state index contributed by atoms with van der Waals surface area (Å²) in [5.74, 6) is 0.369. The number of aryl methyl sites for hydroxylation is 2. The summed E-state index contributed by atoms with van der Waals surface area (Å²) >= 11 is 1.51. The molecule has 2 aromatic carbocycles. The van der Waals surface area contributed by atoms with E-state index in [0.717, 1.165) is 33.0 Å². The number of hydrogen-bond acceptors (Lipinski definition) is 3. The molecule has 2 aromatic rings. The summed E-state index contributed by atoms with van der Waals surface area (Å²) in [5.41, 5.74) is 10.7. The molecule has 2 rings (SSSR count). The average molecular weight is 300 g/mol. The zero-order valence-electron chi connectivity index (χ0n) is 12.6. The van der Waals surface area contributed by atoms with Crippen LogP contribution in [-0.4, -0.2) is 11.7 Å². The molecule has 3 N–H and O–H groups in total. The van der Waals surface area contributed by atoms with Crippen LogP contribution in [0.4, 0.5) is 11.4 Å². The summed E-state index contributed by atoms with van der Waals surface area (Å²) in [4.78, 5) is 13.1. The highest BCUT2D eigenvalue weighted by atomic mass is 32.2. The first-order chi connectivity index (χ1) is 9.97. The fraction of sp³-hybridized carbons (Fsp3) is 0.235. The molecule has 4 heteroatoms. The number of amides is 1. The minimum Gasteiger partial charge on any atom is -0.398 e. The number of nitrogen functional groups attached to an aromatic ring is 1. The Morgan fingerprint density at radius 3 is 2.71 bits per heavy atom. The van der Waals surface area contributed by atoms with Crippen LogP contribution in [0.15, 0.2) is 41.3 Å². The van der Waals surface area contributed by atoms with E-state index in [-0.39, 0.29) is 5.91 Å². The lowest BCUT2D eigenvalue weighted by molar-refractivity contribution is -0.113. The van der Waals surface area contributed by atoms with E-state index < -0.39 is 0 Å². The molecule has 0 atom stereocenters. The van der Waals surface area contributed by atoms with E-state index in [9.17, 15) is 4.79 Å². The number of carbonyl (C=O) groups is 1. The van der Waals surface area contributed by atoms with Gasteiger partial charge in [-0.1, -0.05) is 18.2 Å². The van der Waals surface area contributed by atoms with Crippen molar-refractivity contribution in [3.63, 3.8) is 0 Å². The molecular formula is C17H20N2OS. The van der Waals surface area contributed by atoms with Gasteiger partial charge in [0, 0.05) is 16.3 Å². The van der Waals surface area contributed by atoms with Crippen LogP contribution in [0.25, 0.3) is 0 Å². The minimum absolute atomic E-state index is 0.00414. The number of hydrogen-bond donors (Lipinski definition) is 2. The van der Waals surface area contributed by atoms with Crippen LogP contribution in [0.2, 0.25) is 0 Å². The van der Waals surface area contributed by atoms with Gasteiger partial charge in [-0.15, -0.1) is 11.8 Å². The van der Waals surface area contributed by atoms with Gasteiger partial charge in [0.15, 0.2) is 0 Å². The van der Waals surface area contributed by atoms with Crippen molar-refractivity contribution in [1.29, 1.82) is 0 Å². The van der Waals surface area contributed by atoms with Gasteiger partial charge in [0.2, 0.25) is 5.91 Å². The van der Waals surface area contributed by atoms with E-state index >= 15 is 0 Å². The fourth-order valence-corrected chi connectivity index (χ4v) is 2.86. The molecule has 0 saturated heterocycles. The number of carbonyl (C=O) groups excluding carboxylic acids is 1. The summed E-state index contributed by atoms with van der Waals surface area (Å²) < 4.78 is 0. The summed E-state index contributed by atoms with van der Waals surface area (Å²) in [6, 6.07) is 11.8. The number of benzene rings is 2. The summed E-state index contributed by atoms with van der Waals surface area (Å²) in [7, 11) is 0. The van der Waals surface area contributed by atoms with Gasteiger partial charge in [0.25, 0.3) is 0 Å². The normalized spacial score (nSPS) is 10.4. The molecule has 0 saturated carbocycles. The Bertz CT molecular complexity index is 668. The van der Waals surface area contributed by atoms with Crippen LogP contribution in [-0.2, 0) is 4.79 Å². The number of thioether (sulfide) groups is 1. The van der Waals surface area contributed by atoms with Gasteiger partial charge in [-0.3, -0.25) is 4.79 Å². The van der Waals surface area contributed by atoms with Gasteiger partial charge >= 0.3 is 0 Å². The van der Waals surface area contributed by atoms with Crippen LogP contribution >= 0.6 is 11.8 Å². The smallest absolute Gasteiger partial charge is 0.234 e. The van der Waals surface area contributed by atoms with E-state index in [1.165, 1.54) is 11.8 Å². The first kappa shape index (κ1) is 15.4. The molecule has 0 aliphatic rings. The largest absolute Gasteiger partial charge is 0.398 e. The molecule has 110 valence electrons. The van der Waals surface area contributed by atoms with Gasteiger partial charge < -0.3 is 11.1 Å². The second-order valence-electron chi connectivity index (χ2n) is 5.13. The number of rotatable bonds is 4. The van der Waals surface area contributed by atoms with Crippen LogP contribution in [0.1, 0.15) is 16.7 Å². The van der Waals surface area contributed by atoms with Crippen molar-refractivity contribution < 1.29 is 4.79 Å². The molecule has 1 amide bonds. The third kappa shape index (κ3) is 4.02. The molecule has 0 aromatic heterocycles. The maximum Gasteiger partial charge on any atom is 0.234 e. The molecule has 3 nitrogen and oxygen atoms in total. The van der Waals surface area contributed by atoms with E-state index in [0.29, 0.717) is 5.75 Å². The van der Waals surface area contributed by atoms with Gasteiger partial charge in [-0.05, 0) is 55.7 Å². The Hall–Kier alpha value is -1.94. The van der Waals surface area contributed by atoms with Gasteiger partial charge in [0.1, 0.15) is 0 Å². The Balaban J connectivity index is 1.99. The van der Waals surface area contributed by atoms with Crippen LogP contribution in [0, 0.1) is 20.8 Å². The third-order valence-corrected chi connectivity index (χ3v) is 4.51. The topological polar surface area (TPSA) is 55.1 Å². The highest BCUT2D eigenvalue weighted by Crippen LogP contribution is 2.26. The zero-order valence-corrected chi connectivity index (χ0v) is 13.4. The van der Waals surface area contributed by atoms with Crippen molar-refractivity contribution in [3.05, 3.63) is 53.1 Å². The molecule has 21 heavy (non-hydrogen) atoms. The Morgan fingerprint density at radius 1 is 1.19 bits per heavy atom. The third-order valence-electron chi connectivity index (χ3n) is 3.35. The van der Waals surface area contributed by atoms with E-state index in [4.69, 9.17) is 5.73 Å². The quantitative estimate of drug-likeness (QED) is 0.664. The van der Waals surface area contributed by atoms with Crippen LogP contribution in [0.3, 0.4) is 0 Å². The number of anilines is 2. The highest BCUT2D eigenvalue weighted by molar-refractivity contribution is 8.00. The Morgan fingerprint density at radius 2 is 1.95 bits per heavy atom. The average Bonchev–Trinajstić information content (AvgIpc) is 2.44. The minimum atomic E-state index is -0.00414. The number of nitrogens with one attached hydrogen (secondary N) is 1.